The van der Waals surface area contributed by atoms with Gasteiger partial charge in [0.15, 0.2) is 9.84 Å². The second-order valence-corrected chi connectivity index (χ2v) is 10.2. The van der Waals surface area contributed by atoms with E-state index in [-0.39, 0.29) is 10.8 Å². The fourth-order valence-corrected chi connectivity index (χ4v) is 4.64. The molecule has 0 unspecified atom stereocenters. The summed E-state index contributed by atoms with van der Waals surface area (Å²) in [6.07, 6.45) is 6.55. The molecule has 8 heteroatoms. The average molecular weight is 474 g/mol. The van der Waals surface area contributed by atoms with Gasteiger partial charge in [-0.2, -0.15) is 0 Å². The quantitative estimate of drug-likeness (QED) is 0.448. The molecule has 0 radical (unpaired) electrons. The van der Waals surface area contributed by atoms with Crippen LogP contribution in [0, 0.1) is 0 Å². The lowest BCUT2D eigenvalue weighted by molar-refractivity contribution is 0.0733. The standard InChI is InChI=1S/C26H23N3O4S/c1-34(31,32)24-9-4-20(5-10-24)26(30)28-14-15-33-25-11-6-21(16-22(25)17-28)19-2-7-23(8-3-19)29-13-12-27-18-29/h2-13,16,18H,14-15,17H2,1H3. The number of rotatable bonds is 4. The summed E-state index contributed by atoms with van der Waals surface area (Å²) in [5.41, 5.74) is 4.49. The molecule has 0 spiro atoms. The first-order chi connectivity index (χ1) is 16.4. The Morgan fingerprint density at radius 2 is 1.71 bits per heavy atom. The number of hydrogen-bond acceptors (Lipinski definition) is 5. The van der Waals surface area contributed by atoms with Crippen molar-refractivity contribution in [2.24, 2.45) is 0 Å². The normalized spacial score (nSPS) is 13.6. The van der Waals surface area contributed by atoms with Crippen molar-refractivity contribution in [3.05, 3.63) is 96.6 Å². The van der Waals surface area contributed by atoms with Gasteiger partial charge >= 0.3 is 0 Å². The van der Waals surface area contributed by atoms with Crippen LogP contribution in [0.25, 0.3) is 16.8 Å². The van der Waals surface area contributed by atoms with Crippen LogP contribution in [0.1, 0.15) is 15.9 Å². The summed E-state index contributed by atoms with van der Waals surface area (Å²) in [6, 6.07) is 20.3. The second-order valence-electron chi connectivity index (χ2n) is 8.21. The van der Waals surface area contributed by atoms with Crippen molar-refractivity contribution in [1.82, 2.24) is 14.5 Å². The zero-order valence-electron chi connectivity index (χ0n) is 18.6. The molecule has 172 valence electrons. The van der Waals surface area contributed by atoms with Gasteiger partial charge in [-0.3, -0.25) is 4.79 Å². The van der Waals surface area contributed by atoms with Crippen molar-refractivity contribution in [1.29, 1.82) is 0 Å². The first-order valence-corrected chi connectivity index (χ1v) is 12.7. The highest BCUT2D eigenvalue weighted by Crippen LogP contribution is 2.30. The lowest BCUT2D eigenvalue weighted by Crippen LogP contribution is -2.32. The summed E-state index contributed by atoms with van der Waals surface area (Å²) >= 11 is 0. The first-order valence-electron chi connectivity index (χ1n) is 10.8. The van der Waals surface area contributed by atoms with Crippen LogP contribution in [0.3, 0.4) is 0 Å². The van der Waals surface area contributed by atoms with E-state index in [1.807, 2.05) is 35.0 Å². The molecule has 1 aliphatic rings. The van der Waals surface area contributed by atoms with E-state index in [9.17, 15) is 13.2 Å². The number of nitrogens with zero attached hydrogens (tertiary/aromatic N) is 3. The topological polar surface area (TPSA) is 81.5 Å². The van der Waals surface area contributed by atoms with Gasteiger partial charge in [-0.15, -0.1) is 0 Å². The number of carbonyl (C=O) groups excluding carboxylic acids is 1. The van der Waals surface area contributed by atoms with Gasteiger partial charge < -0.3 is 14.2 Å². The number of imidazole rings is 1. The number of fused-ring (bicyclic) bond motifs is 1. The molecule has 2 heterocycles. The Morgan fingerprint density at radius 1 is 0.971 bits per heavy atom. The molecule has 4 aromatic rings. The smallest absolute Gasteiger partial charge is 0.254 e. The van der Waals surface area contributed by atoms with Crippen LogP contribution in [0.2, 0.25) is 0 Å². The molecule has 7 nitrogen and oxygen atoms in total. The fourth-order valence-electron chi connectivity index (χ4n) is 4.01. The highest BCUT2D eigenvalue weighted by Gasteiger charge is 2.22. The van der Waals surface area contributed by atoms with E-state index in [2.05, 4.69) is 23.2 Å². The molecule has 1 aromatic heterocycles. The van der Waals surface area contributed by atoms with Gasteiger partial charge in [-0.1, -0.05) is 18.2 Å². The minimum Gasteiger partial charge on any atom is -0.491 e. The first kappa shape index (κ1) is 21.9. The number of ether oxygens (including phenoxy) is 1. The molecule has 0 aliphatic carbocycles. The van der Waals surface area contributed by atoms with E-state index in [1.165, 1.54) is 12.1 Å². The van der Waals surface area contributed by atoms with Crippen LogP contribution < -0.4 is 4.74 Å². The Labute approximate surface area is 198 Å². The highest BCUT2D eigenvalue weighted by molar-refractivity contribution is 7.90. The van der Waals surface area contributed by atoms with E-state index in [1.54, 1.807) is 29.6 Å². The second kappa shape index (κ2) is 8.79. The maximum Gasteiger partial charge on any atom is 0.254 e. The molecule has 0 N–H and O–H groups in total. The molecule has 0 bridgehead atoms. The summed E-state index contributed by atoms with van der Waals surface area (Å²) in [5, 5.41) is 0. The molecule has 0 saturated heterocycles. The molecule has 0 fully saturated rings. The van der Waals surface area contributed by atoms with Crippen LogP contribution in [-0.4, -0.2) is 48.2 Å². The molecular weight excluding hydrogens is 450 g/mol. The summed E-state index contributed by atoms with van der Waals surface area (Å²) in [4.78, 5) is 19.1. The molecule has 34 heavy (non-hydrogen) atoms. The lowest BCUT2D eigenvalue weighted by Gasteiger charge is -2.20. The van der Waals surface area contributed by atoms with E-state index in [4.69, 9.17) is 4.74 Å². The third kappa shape index (κ3) is 4.45. The Hall–Kier alpha value is -3.91. The zero-order valence-corrected chi connectivity index (χ0v) is 19.4. The zero-order chi connectivity index (χ0) is 23.7. The van der Waals surface area contributed by atoms with Crippen molar-refractivity contribution in [2.45, 2.75) is 11.4 Å². The van der Waals surface area contributed by atoms with Crippen molar-refractivity contribution >= 4 is 15.7 Å². The predicted molar refractivity (Wildman–Crippen MR) is 129 cm³/mol. The maximum absolute atomic E-state index is 13.1. The number of benzene rings is 3. The molecule has 0 saturated carbocycles. The Bertz CT molecular complexity index is 1430. The summed E-state index contributed by atoms with van der Waals surface area (Å²) in [6.45, 7) is 1.23. The Morgan fingerprint density at radius 3 is 2.38 bits per heavy atom. The molecule has 1 amide bonds. The van der Waals surface area contributed by atoms with E-state index >= 15 is 0 Å². The highest BCUT2D eigenvalue weighted by atomic mass is 32.2. The molecule has 3 aromatic carbocycles. The summed E-state index contributed by atoms with van der Waals surface area (Å²) < 4.78 is 31.3. The molecule has 5 rings (SSSR count). The minimum atomic E-state index is -3.31. The largest absolute Gasteiger partial charge is 0.491 e. The van der Waals surface area contributed by atoms with Gasteiger partial charge in [-0.25, -0.2) is 13.4 Å². The van der Waals surface area contributed by atoms with Crippen molar-refractivity contribution in [3.63, 3.8) is 0 Å². The Balaban J connectivity index is 1.38. The maximum atomic E-state index is 13.1. The molecule has 0 atom stereocenters. The van der Waals surface area contributed by atoms with E-state index in [0.29, 0.717) is 25.3 Å². The Kier molecular flexibility index (Phi) is 5.67. The minimum absolute atomic E-state index is 0.161. The van der Waals surface area contributed by atoms with Crippen LogP contribution >= 0.6 is 0 Å². The molecular formula is C26H23N3O4S. The van der Waals surface area contributed by atoms with Crippen LogP contribution in [-0.2, 0) is 16.4 Å². The molecule has 1 aliphatic heterocycles. The van der Waals surface area contributed by atoms with Crippen molar-refractivity contribution in [3.8, 4) is 22.6 Å². The summed E-state index contributed by atoms with van der Waals surface area (Å²) in [5.74, 6) is 0.605. The number of aromatic nitrogens is 2. The van der Waals surface area contributed by atoms with E-state index in [0.717, 1.165) is 34.4 Å². The number of sulfone groups is 1. The van der Waals surface area contributed by atoms with Crippen LogP contribution in [0.15, 0.2) is 90.3 Å². The van der Waals surface area contributed by atoms with Gasteiger partial charge in [-0.05, 0) is 59.7 Å². The number of amides is 1. The van der Waals surface area contributed by atoms with Crippen molar-refractivity contribution < 1.29 is 17.9 Å². The third-order valence-electron chi connectivity index (χ3n) is 5.86. The summed E-state index contributed by atoms with van der Waals surface area (Å²) in [7, 11) is -3.31. The van der Waals surface area contributed by atoms with Gasteiger partial charge in [0.25, 0.3) is 5.91 Å². The van der Waals surface area contributed by atoms with Gasteiger partial charge in [0.05, 0.1) is 17.8 Å². The number of carbonyl (C=O) groups is 1. The van der Waals surface area contributed by atoms with Crippen LogP contribution in [0.5, 0.6) is 5.75 Å². The van der Waals surface area contributed by atoms with Gasteiger partial charge in [0.2, 0.25) is 0 Å². The van der Waals surface area contributed by atoms with Gasteiger partial charge in [0, 0.05) is 42.0 Å². The lowest BCUT2D eigenvalue weighted by atomic mass is 10.0. The van der Waals surface area contributed by atoms with Crippen molar-refractivity contribution in [2.75, 3.05) is 19.4 Å². The average Bonchev–Trinajstić information content (AvgIpc) is 3.30. The van der Waals surface area contributed by atoms with Crippen LogP contribution in [0.4, 0.5) is 0 Å². The van der Waals surface area contributed by atoms with Gasteiger partial charge in [0.1, 0.15) is 12.4 Å². The predicted octanol–water partition coefficient (Wildman–Crippen LogP) is 3.98. The van der Waals surface area contributed by atoms with E-state index < -0.39 is 9.84 Å². The fraction of sp³-hybridized carbons (Fsp3) is 0.154. The monoisotopic (exact) mass is 473 g/mol. The third-order valence-corrected chi connectivity index (χ3v) is 6.99. The SMILES string of the molecule is CS(=O)(=O)c1ccc(C(=O)N2CCOc3ccc(-c4ccc(-n5ccnc5)cc4)cc3C2)cc1. The number of hydrogen-bond donors (Lipinski definition) is 0.